The Morgan fingerprint density at radius 3 is 2.10 bits per heavy atom. The lowest BCUT2D eigenvalue weighted by Crippen LogP contribution is -2.22. The number of methoxy groups -OCH3 is 2. The maximum absolute atomic E-state index is 12.9. The van der Waals surface area contributed by atoms with E-state index < -0.39 is 0 Å². The zero-order valence-electron chi connectivity index (χ0n) is 16.6. The van der Waals surface area contributed by atoms with Crippen LogP contribution in [0.2, 0.25) is 0 Å². The standard InChI is InChI=1S/C22H22FN3O3.HI/c1-27-20-12-7-17(13-21(20)28-2)26-22(24)25-14-15-3-8-18(9-4-15)29-19-10-5-16(23)6-11-19;/h3-13H,14H2,1-2H3,(H3,24,25,26);1H. The summed E-state index contributed by atoms with van der Waals surface area (Å²) in [4.78, 5) is 4.34. The molecule has 0 saturated carbocycles. The molecular formula is C22H23FIN3O3. The van der Waals surface area contributed by atoms with Crippen LogP contribution >= 0.6 is 24.0 Å². The third kappa shape index (κ3) is 6.51. The molecule has 0 fully saturated rings. The van der Waals surface area contributed by atoms with Crippen LogP contribution in [0.1, 0.15) is 5.56 Å². The van der Waals surface area contributed by atoms with Crippen LogP contribution in [-0.4, -0.2) is 20.2 Å². The zero-order valence-corrected chi connectivity index (χ0v) is 18.9. The molecule has 0 radical (unpaired) electrons. The molecule has 0 unspecified atom stereocenters. The van der Waals surface area contributed by atoms with Crippen molar-refractivity contribution in [3.8, 4) is 23.0 Å². The highest BCUT2D eigenvalue weighted by Gasteiger charge is 2.05. The van der Waals surface area contributed by atoms with Crippen LogP contribution in [-0.2, 0) is 6.54 Å². The molecule has 0 heterocycles. The minimum atomic E-state index is -0.301. The quantitative estimate of drug-likeness (QED) is 0.254. The highest BCUT2D eigenvalue weighted by atomic mass is 127. The van der Waals surface area contributed by atoms with Crippen molar-refractivity contribution in [3.63, 3.8) is 0 Å². The van der Waals surface area contributed by atoms with Gasteiger partial charge < -0.3 is 25.3 Å². The Balaban J connectivity index is 0.00000320. The van der Waals surface area contributed by atoms with Crippen molar-refractivity contribution in [3.05, 3.63) is 78.1 Å². The molecule has 158 valence electrons. The molecule has 0 aliphatic heterocycles. The maximum atomic E-state index is 12.9. The number of ether oxygens (including phenoxy) is 3. The highest BCUT2D eigenvalue weighted by Crippen LogP contribution is 2.29. The number of hydrogen-bond acceptors (Lipinski definition) is 4. The first-order valence-corrected chi connectivity index (χ1v) is 8.88. The lowest BCUT2D eigenvalue weighted by Gasteiger charge is -2.11. The molecule has 8 heteroatoms. The Morgan fingerprint density at radius 2 is 1.50 bits per heavy atom. The first-order valence-electron chi connectivity index (χ1n) is 8.88. The summed E-state index contributed by atoms with van der Waals surface area (Å²) in [6.45, 7) is 0.406. The third-order valence-corrected chi connectivity index (χ3v) is 4.06. The van der Waals surface area contributed by atoms with Crippen molar-refractivity contribution >= 4 is 35.6 Å². The van der Waals surface area contributed by atoms with Crippen LogP contribution in [0, 0.1) is 5.82 Å². The fourth-order valence-corrected chi connectivity index (χ4v) is 2.58. The van der Waals surface area contributed by atoms with Gasteiger partial charge in [0.25, 0.3) is 0 Å². The molecule has 0 aromatic heterocycles. The smallest absolute Gasteiger partial charge is 0.193 e. The van der Waals surface area contributed by atoms with E-state index in [1.165, 1.54) is 12.1 Å². The monoisotopic (exact) mass is 523 g/mol. The van der Waals surface area contributed by atoms with Gasteiger partial charge in [0.15, 0.2) is 17.5 Å². The lowest BCUT2D eigenvalue weighted by atomic mass is 10.2. The molecule has 0 bridgehead atoms. The van der Waals surface area contributed by atoms with Gasteiger partial charge in [0.1, 0.15) is 17.3 Å². The van der Waals surface area contributed by atoms with E-state index in [9.17, 15) is 4.39 Å². The molecule has 0 aliphatic carbocycles. The lowest BCUT2D eigenvalue weighted by molar-refractivity contribution is 0.355. The normalized spacial score (nSPS) is 10.7. The van der Waals surface area contributed by atoms with Gasteiger partial charge in [0.2, 0.25) is 0 Å². The van der Waals surface area contributed by atoms with E-state index in [1.54, 1.807) is 38.5 Å². The summed E-state index contributed by atoms with van der Waals surface area (Å²) in [5.74, 6) is 2.44. The fourth-order valence-electron chi connectivity index (χ4n) is 2.58. The van der Waals surface area contributed by atoms with Gasteiger partial charge in [-0.15, -0.1) is 24.0 Å². The largest absolute Gasteiger partial charge is 0.493 e. The van der Waals surface area contributed by atoms with Gasteiger partial charge >= 0.3 is 0 Å². The minimum absolute atomic E-state index is 0. The van der Waals surface area contributed by atoms with Crippen molar-refractivity contribution in [2.24, 2.45) is 10.7 Å². The summed E-state index contributed by atoms with van der Waals surface area (Å²) in [6.07, 6.45) is 0. The summed E-state index contributed by atoms with van der Waals surface area (Å²) < 4.78 is 29.1. The van der Waals surface area contributed by atoms with Gasteiger partial charge in [0.05, 0.1) is 20.8 Å². The van der Waals surface area contributed by atoms with Crippen LogP contribution in [0.4, 0.5) is 10.1 Å². The number of nitrogens with one attached hydrogen (secondary N) is 1. The molecule has 3 rings (SSSR count). The molecule has 3 aromatic carbocycles. The zero-order chi connectivity index (χ0) is 20.6. The molecule has 6 nitrogen and oxygen atoms in total. The predicted octanol–water partition coefficient (Wildman–Crippen LogP) is 5.18. The summed E-state index contributed by atoms with van der Waals surface area (Å²) >= 11 is 0. The van der Waals surface area contributed by atoms with E-state index in [-0.39, 0.29) is 35.8 Å². The number of rotatable bonds is 7. The van der Waals surface area contributed by atoms with Crippen LogP contribution in [0.5, 0.6) is 23.0 Å². The number of hydrogen-bond donors (Lipinski definition) is 2. The topological polar surface area (TPSA) is 78.1 Å². The first kappa shape index (κ1) is 23.3. The molecule has 30 heavy (non-hydrogen) atoms. The van der Waals surface area contributed by atoms with E-state index in [0.29, 0.717) is 29.5 Å². The maximum Gasteiger partial charge on any atom is 0.193 e. The van der Waals surface area contributed by atoms with Crippen LogP contribution in [0.3, 0.4) is 0 Å². The molecule has 0 amide bonds. The molecule has 0 saturated heterocycles. The fraction of sp³-hybridized carbons (Fsp3) is 0.136. The van der Waals surface area contributed by atoms with E-state index in [1.807, 2.05) is 30.3 Å². The molecule has 0 spiro atoms. The van der Waals surface area contributed by atoms with Crippen LogP contribution in [0.25, 0.3) is 0 Å². The van der Waals surface area contributed by atoms with Gasteiger partial charge in [-0.1, -0.05) is 12.1 Å². The van der Waals surface area contributed by atoms with Crippen molar-refractivity contribution in [2.45, 2.75) is 6.54 Å². The number of halogens is 2. The number of benzene rings is 3. The van der Waals surface area contributed by atoms with Crippen LogP contribution < -0.4 is 25.3 Å². The van der Waals surface area contributed by atoms with Crippen molar-refractivity contribution < 1.29 is 18.6 Å². The number of guanidine groups is 1. The summed E-state index contributed by atoms with van der Waals surface area (Å²) in [5, 5.41) is 3.02. The number of nitrogens with zero attached hydrogens (tertiary/aromatic N) is 1. The summed E-state index contributed by atoms with van der Waals surface area (Å²) in [5.41, 5.74) is 7.68. The minimum Gasteiger partial charge on any atom is -0.493 e. The first-order chi connectivity index (χ1) is 14.1. The second-order valence-electron chi connectivity index (χ2n) is 6.10. The average molecular weight is 523 g/mol. The molecule has 0 atom stereocenters. The van der Waals surface area contributed by atoms with Gasteiger partial charge in [0, 0.05) is 11.8 Å². The second kappa shape index (κ2) is 11.2. The number of nitrogens with two attached hydrogens (primary N) is 1. The number of aliphatic imine (C=N–C) groups is 1. The molecular weight excluding hydrogens is 500 g/mol. The Morgan fingerprint density at radius 1 is 0.900 bits per heavy atom. The van der Waals surface area contributed by atoms with Gasteiger partial charge in [-0.3, -0.25) is 0 Å². The average Bonchev–Trinajstić information content (AvgIpc) is 2.74. The van der Waals surface area contributed by atoms with E-state index >= 15 is 0 Å². The Bertz CT molecular complexity index is 980. The highest BCUT2D eigenvalue weighted by molar-refractivity contribution is 14.0. The van der Waals surface area contributed by atoms with Gasteiger partial charge in [-0.05, 0) is 54.1 Å². The number of anilines is 1. The SMILES string of the molecule is COc1ccc(NC(N)=NCc2ccc(Oc3ccc(F)cc3)cc2)cc1OC.I. The van der Waals surface area contributed by atoms with E-state index in [4.69, 9.17) is 19.9 Å². The second-order valence-corrected chi connectivity index (χ2v) is 6.10. The van der Waals surface area contributed by atoms with Gasteiger partial charge in [-0.2, -0.15) is 0 Å². The summed E-state index contributed by atoms with van der Waals surface area (Å²) in [6, 6.07) is 18.7. The predicted molar refractivity (Wildman–Crippen MR) is 127 cm³/mol. The molecule has 3 N–H and O–H groups in total. The Hall–Kier alpha value is -3.01. The third-order valence-electron chi connectivity index (χ3n) is 4.06. The van der Waals surface area contributed by atoms with Gasteiger partial charge in [-0.25, -0.2) is 9.38 Å². The van der Waals surface area contributed by atoms with Crippen molar-refractivity contribution in [2.75, 3.05) is 19.5 Å². The molecule has 3 aromatic rings. The molecule has 0 aliphatic rings. The van der Waals surface area contributed by atoms with Crippen LogP contribution in [0.15, 0.2) is 71.7 Å². The summed E-state index contributed by atoms with van der Waals surface area (Å²) in [7, 11) is 3.15. The van der Waals surface area contributed by atoms with Crippen molar-refractivity contribution in [1.82, 2.24) is 0 Å². The Labute approximate surface area is 191 Å². The van der Waals surface area contributed by atoms with E-state index in [0.717, 1.165) is 11.3 Å². The van der Waals surface area contributed by atoms with E-state index in [2.05, 4.69) is 10.3 Å². The Kier molecular flexibility index (Phi) is 8.72. The van der Waals surface area contributed by atoms with Crippen molar-refractivity contribution in [1.29, 1.82) is 0 Å².